The molecule has 4 rings (SSSR count). The van der Waals surface area contributed by atoms with Gasteiger partial charge in [0.25, 0.3) is 0 Å². The van der Waals surface area contributed by atoms with Crippen LogP contribution in [-0.4, -0.2) is 51.3 Å². The number of carbonyl (C=O) groups is 2. The molecule has 1 aliphatic carbocycles. The number of hydrogen-bond acceptors (Lipinski definition) is 6. The van der Waals surface area contributed by atoms with Crippen molar-refractivity contribution < 1.29 is 9.59 Å². The van der Waals surface area contributed by atoms with Crippen LogP contribution in [0.4, 0.5) is 5.95 Å². The van der Waals surface area contributed by atoms with Crippen LogP contribution >= 0.6 is 11.8 Å². The topological polar surface area (TPSA) is 80.1 Å². The van der Waals surface area contributed by atoms with Crippen molar-refractivity contribution >= 4 is 29.4 Å². The highest BCUT2D eigenvalue weighted by atomic mass is 32.2. The SMILES string of the molecule is CC(=O)C(Cc1ccccc1)NC(=O)CSc1nnc(N2CCCC2)n1C1CC1. The average Bonchev–Trinajstić information content (AvgIpc) is 3.24. The monoisotopic (exact) mass is 413 g/mol. The van der Waals surface area contributed by atoms with Gasteiger partial charge in [0.15, 0.2) is 10.9 Å². The van der Waals surface area contributed by atoms with Crippen molar-refractivity contribution in [1.29, 1.82) is 0 Å². The Balaban J connectivity index is 1.37. The summed E-state index contributed by atoms with van der Waals surface area (Å²) in [5, 5.41) is 12.5. The molecular formula is C21H27N5O2S. The van der Waals surface area contributed by atoms with Gasteiger partial charge in [-0.3, -0.25) is 14.2 Å². The van der Waals surface area contributed by atoms with Gasteiger partial charge in [-0.1, -0.05) is 42.1 Å². The number of ketones is 1. The lowest BCUT2D eigenvalue weighted by atomic mass is 10.0. The lowest BCUT2D eigenvalue weighted by Gasteiger charge is -2.18. The number of thioether (sulfide) groups is 1. The Morgan fingerprint density at radius 3 is 2.55 bits per heavy atom. The van der Waals surface area contributed by atoms with E-state index in [0.717, 1.165) is 42.6 Å². The smallest absolute Gasteiger partial charge is 0.231 e. The van der Waals surface area contributed by atoms with Crippen molar-refractivity contribution in [2.24, 2.45) is 0 Å². The number of Topliss-reactive ketones (excluding diaryl/α,β-unsaturated/α-hetero) is 1. The van der Waals surface area contributed by atoms with E-state index in [4.69, 9.17) is 0 Å². The second-order valence-corrected chi connectivity index (χ2v) is 8.73. The Morgan fingerprint density at radius 2 is 1.90 bits per heavy atom. The molecule has 1 aromatic carbocycles. The predicted octanol–water partition coefficient (Wildman–Crippen LogP) is 2.62. The quantitative estimate of drug-likeness (QED) is 0.637. The number of anilines is 1. The van der Waals surface area contributed by atoms with Crippen LogP contribution in [0.25, 0.3) is 0 Å². The Kier molecular flexibility index (Phi) is 6.18. The van der Waals surface area contributed by atoms with E-state index in [2.05, 4.69) is 25.0 Å². The van der Waals surface area contributed by atoms with Gasteiger partial charge in [0.1, 0.15) is 0 Å². The summed E-state index contributed by atoms with van der Waals surface area (Å²) in [5.74, 6) is 0.978. The fourth-order valence-corrected chi connectivity index (χ4v) is 4.48. The van der Waals surface area contributed by atoms with Crippen molar-refractivity contribution in [1.82, 2.24) is 20.1 Å². The molecule has 1 unspecified atom stereocenters. The summed E-state index contributed by atoms with van der Waals surface area (Å²) in [6.07, 6.45) is 5.17. The molecule has 0 spiro atoms. The third-order valence-electron chi connectivity index (χ3n) is 5.39. The zero-order chi connectivity index (χ0) is 20.2. The molecule has 2 heterocycles. The lowest BCUT2D eigenvalue weighted by molar-refractivity contribution is -0.125. The number of benzene rings is 1. The van der Waals surface area contributed by atoms with Gasteiger partial charge < -0.3 is 10.2 Å². The van der Waals surface area contributed by atoms with Crippen molar-refractivity contribution in [3.63, 3.8) is 0 Å². The molecule has 1 atom stereocenters. The minimum Gasteiger partial charge on any atom is -0.345 e. The van der Waals surface area contributed by atoms with Crippen LogP contribution in [0.2, 0.25) is 0 Å². The minimum atomic E-state index is -0.507. The normalized spacial score (nSPS) is 17.3. The number of hydrogen-bond donors (Lipinski definition) is 1. The Labute approximate surface area is 175 Å². The van der Waals surface area contributed by atoms with E-state index in [1.165, 1.54) is 31.5 Å². The molecule has 29 heavy (non-hydrogen) atoms. The molecule has 1 saturated heterocycles. The molecule has 154 valence electrons. The van der Waals surface area contributed by atoms with Crippen LogP contribution in [0.1, 0.15) is 44.2 Å². The number of amides is 1. The first-order chi connectivity index (χ1) is 14.1. The molecule has 1 aliphatic heterocycles. The molecule has 2 fully saturated rings. The van der Waals surface area contributed by atoms with Crippen LogP contribution in [0.3, 0.4) is 0 Å². The first-order valence-electron chi connectivity index (χ1n) is 10.3. The molecule has 1 aromatic heterocycles. The summed E-state index contributed by atoms with van der Waals surface area (Å²) in [6.45, 7) is 3.57. The van der Waals surface area contributed by atoms with Gasteiger partial charge in [0.2, 0.25) is 11.9 Å². The van der Waals surface area contributed by atoms with Gasteiger partial charge in [-0.15, -0.1) is 10.2 Å². The standard InChI is InChI=1S/C21H27N5O2S/c1-15(27)18(13-16-7-3-2-4-8-16)22-19(28)14-29-21-24-23-20(25-11-5-6-12-25)26(21)17-9-10-17/h2-4,7-8,17-18H,5-6,9-14H2,1H3,(H,22,28). The second kappa shape index (κ2) is 8.98. The first kappa shape index (κ1) is 19.9. The molecule has 0 bridgehead atoms. The zero-order valence-electron chi connectivity index (χ0n) is 16.7. The van der Waals surface area contributed by atoms with Gasteiger partial charge in [-0.05, 0) is 44.6 Å². The maximum atomic E-state index is 12.5. The molecule has 2 aliphatic rings. The van der Waals surface area contributed by atoms with Gasteiger partial charge in [-0.2, -0.15) is 0 Å². The van der Waals surface area contributed by atoms with Gasteiger partial charge in [0.05, 0.1) is 11.8 Å². The van der Waals surface area contributed by atoms with Crippen molar-refractivity contribution in [3.05, 3.63) is 35.9 Å². The molecule has 1 N–H and O–H groups in total. The summed E-state index contributed by atoms with van der Waals surface area (Å²) in [4.78, 5) is 26.8. The number of nitrogens with zero attached hydrogens (tertiary/aromatic N) is 4. The fourth-order valence-electron chi connectivity index (χ4n) is 3.67. The largest absolute Gasteiger partial charge is 0.345 e. The molecule has 8 heteroatoms. The van der Waals surface area contributed by atoms with Gasteiger partial charge >= 0.3 is 0 Å². The molecule has 1 saturated carbocycles. The summed E-state index contributed by atoms with van der Waals surface area (Å²) in [5.41, 5.74) is 1.03. The third-order valence-corrected chi connectivity index (χ3v) is 6.33. The van der Waals surface area contributed by atoms with E-state index >= 15 is 0 Å². The second-order valence-electron chi connectivity index (χ2n) is 7.79. The number of nitrogens with one attached hydrogen (secondary N) is 1. The highest BCUT2D eigenvalue weighted by Gasteiger charge is 2.32. The average molecular weight is 414 g/mol. The highest BCUT2D eigenvalue weighted by Crippen LogP contribution is 2.41. The maximum absolute atomic E-state index is 12.5. The maximum Gasteiger partial charge on any atom is 0.231 e. The van der Waals surface area contributed by atoms with Crippen LogP contribution in [0, 0.1) is 0 Å². The van der Waals surface area contributed by atoms with E-state index in [1.807, 2.05) is 30.3 Å². The van der Waals surface area contributed by atoms with Gasteiger partial charge in [0, 0.05) is 19.1 Å². The van der Waals surface area contributed by atoms with Crippen molar-refractivity contribution in [2.75, 3.05) is 23.7 Å². The highest BCUT2D eigenvalue weighted by molar-refractivity contribution is 7.99. The summed E-state index contributed by atoms with van der Waals surface area (Å²) < 4.78 is 2.20. The zero-order valence-corrected chi connectivity index (χ0v) is 17.5. The summed E-state index contributed by atoms with van der Waals surface area (Å²) >= 11 is 1.40. The van der Waals surface area contributed by atoms with Crippen LogP contribution < -0.4 is 10.2 Å². The molecule has 7 nitrogen and oxygen atoms in total. The van der Waals surface area contributed by atoms with Crippen LogP contribution in [0.5, 0.6) is 0 Å². The number of aromatic nitrogens is 3. The number of rotatable bonds is 9. The van der Waals surface area contributed by atoms with Crippen molar-refractivity contribution in [2.45, 2.75) is 56.3 Å². The van der Waals surface area contributed by atoms with Crippen molar-refractivity contribution in [3.8, 4) is 0 Å². The third kappa shape index (κ3) is 4.98. The van der Waals surface area contributed by atoms with E-state index in [0.29, 0.717) is 12.5 Å². The van der Waals surface area contributed by atoms with Gasteiger partial charge in [-0.25, -0.2) is 0 Å². The van der Waals surface area contributed by atoms with E-state index < -0.39 is 6.04 Å². The molecule has 1 amide bonds. The van der Waals surface area contributed by atoms with Crippen LogP contribution in [-0.2, 0) is 16.0 Å². The Hall–Kier alpha value is -2.35. The molecule has 0 radical (unpaired) electrons. The summed E-state index contributed by atoms with van der Waals surface area (Å²) in [7, 11) is 0. The predicted molar refractivity (Wildman–Crippen MR) is 113 cm³/mol. The minimum absolute atomic E-state index is 0.0373. The Bertz CT molecular complexity index is 859. The Morgan fingerprint density at radius 1 is 1.17 bits per heavy atom. The molecule has 2 aromatic rings. The van der Waals surface area contributed by atoms with E-state index in [1.54, 1.807) is 0 Å². The first-order valence-corrected chi connectivity index (χ1v) is 11.3. The van der Waals surface area contributed by atoms with E-state index in [-0.39, 0.29) is 17.4 Å². The van der Waals surface area contributed by atoms with E-state index in [9.17, 15) is 9.59 Å². The van der Waals surface area contributed by atoms with Crippen LogP contribution in [0.15, 0.2) is 35.5 Å². The summed E-state index contributed by atoms with van der Waals surface area (Å²) in [6, 6.07) is 9.69. The number of carbonyl (C=O) groups excluding carboxylic acids is 2. The fraction of sp³-hybridized carbons (Fsp3) is 0.524. The molecular weight excluding hydrogens is 386 g/mol. The lowest BCUT2D eigenvalue weighted by Crippen LogP contribution is -2.42.